The average Bonchev–Trinajstić information content (AvgIpc) is 2.90. The Kier molecular flexibility index (Phi) is 4.51. The summed E-state index contributed by atoms with van der Waals surface area (Å²) >= 11 is 0. The minimum Gasteiger partial charge on any atom is -0.303 e. The fraction of sp³-hybridized carbons (Fsp3) is 0.955. The van der Waals surface area contributed by atoms with Gasteiger partial charge in [-0.1, -0.05) is 13.8 Å². The lowest BCUT2D eigenvalue weighted by Crippen LogP contribution is -2.54. The Morgan fingerprint density at radius 3 is 2.31 bits per heavy atom. The molecule has 4 saturated carbocycles. The molecule has 0 N–H and O–H groups in total. The minimum atomic E-state index is -4.02. The van der Waals surface area contributed by atoms with Crippen LogP contribution < -0.4 is 0 Å². The van der Waals surface area contributed by atoms with Gasteiger partial charge in [-0.3, -0.25) is 0 Å². The van der Waals surface area contributed by atoms with Gasteiger partial charge in [-0.25, -0.2) is 0 Å². The molecule has 0 amide bonds. The molecule has 0 aliphatic heterocycles. The maximum Gasteiger partial charge on any atom is 0.391 e. The molecule has 6 unspecified atom stereocenters. The third-order valence-electron chi connectivity index (χ3n) is 9.71. The summed E-state index contributed by atoms with van der Waals surface area (Å²) in [5, 5.41) is 0. The van der Waals surface area contributed by atoms with Gasteiger partial charge < -0.3 is 4.79 Å². The molecule has 0 bridgehead atoms. The standard InChI is InChI=1S/C22H33F3O/c1-20-11-8-19-17(18(20)6-4-14(20)9-12-26)5-3-15-13-16(22(23,24)25)7-10-21(15,19)2/h12,14-19H,3-11,13H2,1-2H3/t14?,15?,16?,17?,18?,19?,20-,21+/m1/s1. The Morgan fingerprint density at radius 1 is 0.923 bits per heavy atom. The number of halogens is 3. The number of rotatable bonds is 2. The van der Waals surface area contributed by atoms with Gasteiger partial charge in [0.15, 0.2) is 0 Å². The van der Waals surface area contributed by atoms with E-state index in [4.69, 9.17) is 0 Å². The second-order valence-electron chi connectivity index (χ2n) is 10.4. The number of hydrogen-bond acceptors (Lipinski definition) is 1. The van der Waals surface area contributed by atoms with E-state index in [-0.39, 0.29) is 16.7 Å². The molecule has 4 aliphatic rings. The van der Waals surface area contributed by atoms with Crippen molar-refractivity contribution in [2.24, 2.45) is 46.3 Å². The summed E-state index contributed by atoms with van der Waals surface area (Å²) in [7, 11) is 0. The maximum absolute atomic E-state index is 13.3. The third-order valence-corrected chi connectivity index (χ3v) is 9.71. The second-order valence-corrected chi connectivity index (χ2v) is 10.4. The fourth-order valence-corrected chi connectivity index (χ4v) is 8.17. The van der Waals surface area contributed by atoms with Crippen LogP contribution in [0.25, 0.3) is 0 Å². The molecule has 0 radical (unpaired) electrons. The lowest BCUT2D eigenvalue weighted by Gasteiger charge is -2.61. The second kappa shape index (κ2) is 6.24. The van der Waals surface area contributed by atoms with Crippen LogP contribution in [0.2, 0.25) is 0 Å². The number of carbonyl (C=O) groups excluding carboxylic acids is 1. The van der Waals surface area contributed by atoms with Gasteiger partial charge in [-0.2, -0.15) is 13.2 Å². The monoisotopic (exact) mass is 370 g/mol. The molecule has 8 atom stereocenters. The van der Waals surface area contributed by atoms with E-state index < -0.39 is 12.1 Å². The van der Waals surface area contributed by atoms with Crippen molar-refractivity contribution in [3.05, 3.63) is 0 Å². The Labute approximate surface area is 155 Å². The molecule has 4 rings (SSSR count). The summed E-state index contributed by atoms with van der Waals surface area (Å²) in [6.45, 7) is 4.73. The van der Waals surface area contributed by atoms with Gasteiger partial charge in [-0.05, 0) is 98.2 Å². The number of hydrogen-bond donors (Lipinski definition) is 0. The molecule has 0 spiro atoms. The van der Waals surface area contributed by atoms with Gasteiger partial charge in [0.1, 0.15) is 6.29 Å². The van der Waals surface area contributed by atoms with Crippen LogP contribution in [-0.2, 0) is 4.79 Å². The van der Waals surface area contributed by atoms with Crippen molar-refractivity contribution < 1.29 is 18.0 Å². The van der Waals surface area contributed by atoms with Crippen LogP contribution in [0.3, 0.4) is 0 Å². The zero-order valence-corrected chi connectivity index (χ0v) is 16.2. The number of fused-ring (bicyclic) bond motifs is 5. The van der Waals surface area contributed by atoms with Gasteiger partial charge >= 0.3 is 6.18 Å². The van der Waals surface area contributed by atoms with Crippen LogP contribution in [0.15, 0.2) is 0 Å². The summed E-state index contributed by atoms with van der Waals surface area (Å²) in [6.07, 6.45) is 6.03. The van der Waals surface area contributed by atoms with Crippen LogP contribution in [0.1, 0.15) is 78.1 Å². The van der Waals surface area contributed by atoms with Crippen molar-refractivity contribution in [2.75, 3.05) is 0 Å². The Hall–Kier alpha value is -0.540. The molecule has 4 heteroatoms. The van der Waals surface area contributed by atoms with Gasteiger partial charge in [0.25, 0.3) is 0 Å². The molecule has 4 aliphatic carbocycles. The smallest absolute Gasteiger partial charge is 0.303 e. The van der Waals surface area contributed by atoms with Crippen molar-refractivity contribution in [1.82, 2.24) is 0 Å². The molecule has 0 heterocycles. The van der Waals surface area contributed by atoms with Crippen LogP contribution in [0, 0.1) is 46.3 Å². The number of carbonyl (C=O) groups is 1. The lowest BCUT2D eigenvalue weighted by atomic mass is 9.44. The quantitative estimate of drug-likeness (QED) is 0.513. The van der Waals surface area contributed by atoms with Gasteiger partial charge in [-0.15, -0.1) is 0 Å². The van der Waals surface area contributed by atoms with Crippen molar-refractivity contribution in [3.8, 4) is 0 Å². The van der Waals surface area contributed by atoms with E-state index in [1.165, 1.54) is 19.3 Å². The van der Waals surface area contributed by atoms with Crippen molar-refractivity contribution in [3.63, 3.8) is 0 Å². The zero-order chi connectivity index (χ0) is 18.7. The molecule has 1 nitrogen and oxygen atoms in total. The molecule has 0 aromatic heterocycles. The Morgan fingerprint density at radius 2 is 1.62 bits per heavy atom. The van der Waals surface area contributed by atoms with Crippen molar-refractivity contribution in [2.45, 2.75) is 84.2 Å². The highest BCUT2D eigenvalue weighted by atomic mass is 19.4. The van der Waals surface area contributed by atoms with Gasteiger partial charge in [0.2, 0.25) is 0 Å². The predicted octanol–water partition coefficient (Wildman–Crippen LogP) is 6.41. The molecule has 0 aromatic carbocycles. The minimum absolute atomic E-state index is 0.106. The molecule has 0 aromatic rings. The third kappa shape index (κ3) is 2.68. The predicted molar refractivity (Wildman–Crippen MR) is 95.4 cm³/mol. The van der Waals surface area contributed by atoms with E-state index in [2.05, 4.69) is 13.8 Å². The SMILES string of the molecule is C[C@]12CCC(C(F)(F)F)CC1CCC1C2CC[C@]2(C)C(CC=O)CCC12. The topological polar surface area (TPSA) is 17.1 Å². The highest BCUT2D eigenvalue weighted by molar-refractivity contribution is 5.50. The normalized spacial score (nSPS) is 51.3. The average molecular weight is 370 g/mol. The van der Waals surface area contributed by atoms with E-state index in [1.54, 1.807) is 0 Å². The summed E-state index contributed by atoms with van der Waals surface area (Å²) in [5.41, 5.74) is 0.392. The van der Waals surface area contributed by atoms with Crippen LogP contribution in [0.5, 0.6) is 0 Å². The molecule has 26 heavy (non-hydrogen) atoms. The maximum atomic E-state index is 13.3. The van der Waals surface area contributed by atoms with E-state index in [1.807, 2.05) is 0 Å². The Bertz CT molecular complexity index is 558. The first kappa shape index (κ1) is 18.8. The number of aldehydes is 1. The lowest BCUT2D eigenvalue weighted by molar-refractivity contribution is -0.208. The molecule has 0 saturated heterocycles. The van der Waals surface area contributed by atoms with Crippen molar-refractivity contribution >= 4 is 6.29 Å². The van der Waals surface area contributed by atoms with E-state index in [0.29, 0.717) is 42.9 Å². The molecular formula is C22H33F3O. The number of alkyl halides is 3. The first-order chi connectivity index (χ1) is 12.2. The summed E-state index contributed by atoms with van der Waals surface area (Å²) in [4.78, 5) is 11.1. The largest absolute Gasteiger partial charge is 0.391 e. The van der Waals surface area contributed by atoms with Crippen LogP contribution >= 0.6 is 0 Å². The van der Waals surface area contributed by atoms with Crippen molar-refractivity contribution in [1.29, 1.82) is 0 Å². The first-order valence-corrected chi connectivity index (χ1v) is 10.7. The van der Waals surface area contributed by atoms with E-state index >= 15 is 0 Å². The zero-order valence-electron chi connectivity index (χ0n) is 16.2. The van der Waals surface area contributed by atoms with Crippen LogP contribution in [0.4, 0.5) is 13.2 Å². The summed E-state index contributed by atoms with van der Waals surface area (Å²) < 4.78 is 39.8. The Balaban J connectivity index is 1.55. The first-order valence-electron chi connectivity index (χ1n) is 10.7. The van der Waals surface area contributed by atoms with E-state index in [0.717, 1.165) is 32.0 Å². The van der Waals surface area contributed by atoms with Crippen LogP contribution in [-0.4, -0.2) is 12.5 Å². The summed E-state index contributed by atoms with van der Waals surface area (Å²) in [5.74, 6) is 1.66. The summed E-state index contributed by atoms with van der Waals surface area (Å²) in [6, 6.07) is 0. The molecule has 148 valence electrons. The van der Waals surface area contributed by atoms with Gasteiger partial charge in [0.05, 0.1) is 5.92 Å². The molecular weight excluding hydrogens is 337 g/mol. The molecule has 4 fully saturated rings. The fourth-order valence-electron chi connectivity index (χ4n) is 8.17. The highest BCUT2D eigenvalue weighted by Gasteiger charge is 2.61. The van der Waals surface area contributed by atoms with Gasteiger partial charge in [0, 0.05) is 6.42 Å². The highest BCUT2D eigenvalue weighted by Crippen LogP contribution is 2.68. The van der Waals surface area contributed by atoms with E-state index in [9.17, 15) is 18.0 Å².